The van der Waals surface area contributed by atoms with Crippen molar-refractivity contribution in [1.82, 2.24) is 14.8 Å². The molecule has 0 aromatic carbocycles. The van der Waals surface area contributed by atoms with E-state index in [1.54, 1.807) is 17.1 Å². The second-order valence-corrected chi connectivity index (χ2v) is 2.97. The lowest BCUT2D eigenvalue weighted by Gasteiger charge is -1.94. The second-order valence-electron chi connectivity index (χ2n) is 2.97. The van der Waals surface area contributed by atoms with Crippen LogP contribution in [0, 0.1) is 19.3 Å². The average molecular weight is 231 g/mol. The van der Waals surface area contributed by atoms with Crippen LogP contribution in [0.15, 0.2) is 12.4 Å². The summed E-state index contributed by atoms with van der Waals surface area (Å²) >= 11 is 0. The quantitative estimate of drug-likeness (QED) is 0.651. The second kappa shape index (κ2) is 7.45. The summed E-state index contributed by atoms with van der Waals surface area (Å²) < 4.78 is 1.75. The van der Waals surface area contributed by atoms with Gasteiger partial charge in [0.25, 0.3) is 0 Å². The van der Waals surface area contributed by atoms with Crippen LogP contribution in [0.2, 0.25) is 0 Å². The smallest absolute Gasteiger partial charge is 0.143 e. The third-order valence-corrected chi connectivity index (χ3v) is 2.09. The molecule has 0 aliphatic carbocycles. The van der Waals surface area contributed by atoms with Crippen molar-refractivity contribution in [2.75, 3.05) is 0 Å². The SMILES string of the molecule is C#Cc1nn(C)c2cncc(C)c12.CC.CC. The molecule has 2 rings (SSSR count). The molecule has 0 spiro atoms. The van der Waals surface area contributed by atoms with Crippen molar-refractivity contribution in [3.8, 4) is 12.3 Å². The van der Waals surface area contributed by atoms with E-state index in [4.69, 9.17) is 6.42 Å². The first-order chi connectivity index (χ1) is 8.24. The van der Waals surface area contributed by atoms with Gasteiger partial charge in [-0.15, -0.1) is 6.42 Å². The lowest BCUT2D eigenvalue weighted by atomic mass is 10.1. The molecule has 0 saturated carbocycles. The first-order valence-electron chi connectivity index (χ1n) is 5.98. The molecule has 0 fully saturated rings. The Labute approximate surface area is 104 Å². The Bertz CT molecular complexity index is 504. The van der Waals surface area contributed by atoms with Gasteiger partial charge < -0.3 is 0 Å². The van der Waals surface area contributed by atoms with Crippen LogP contribution in [-0.2, 0) is 7.05 Å². The third kappa shape index (κ3) is 3.07. The summed E-state index contributed by atoms with van der Waals surface area (Å²) in [7, 11) is 1.87. The van der Waals surface area contributed by atoms with Gasteiger partial charge in [-0.25, -0.2) is 0 Å². The van der Waals surface area contributed by atoms with Crippen LogP contribution in [0.3, 0.4) is 0 Å². The van der Waals surface area contributed by atoms with E-state index in [1.807, 2.05) is 41.7 Å². The van der Waals surface area contributed by atoms with Gasteiger partial charge in [0.1, 0.15) is 5.69 Å². The zero-order valence-electron chi connectivity index (χ0n) is 11.6. The molecule has 0 N–H and O–H groups in total. The summed E-state index contributed by atoms with van der Waals surface area (Å²) in [6.07, 6.45) is 8.92. The molecule has 2 heterocycles. The third-order valence-electron chi connectivity index (χ3n) is 2.09. The lowest BCUT2D eigenvalue weighted by Crippen LogP contribution is -1.89. The number of aryl methyl sites for hydroxylation is 2. The molecule has 0 radical (unpaired) electrons. The van der Waals surface area contributed by atoms with Gasteiger partial charge in [-0.3, -0.25) is 9.67 Å². The summed E-state index contributed by atoms with van der Waals surface area (Å²) in [5, 5.41) is 5.24. The van der Waals surface area contributed by atoms with Crippen LogP contribution in [0.25, 0.3) is 10.9 Å². The molecule has 92 valence electrons. The summed E-state index contributed by atoms with van der Waals surface area (Å²) in [5.41, 5.74) is 2.74. The van der Waals surface area contributed by atoms with E-state index in [-0.39, 0.29) is 0 Å². The number of aromatic nitrogens is 3. The van der Waals surface area contributed by atoms with Crippen molar-refractivity contribution in [1.29, 1.82) is 0 Å². The Kier molecular flexibility index (Phi) is 6.65. The summed E-state index contributed by atoms with van der Waals surface area (Å²) in [6, 6.07) is 0. The largest absolute Gasteiger partial charge is 0.265 e. The number of hydrogen-bond donors (Lipinski definition) is 0. The molecule has 17 heavy (non-hydrogen) atoms. The summed E-state index contributed by atoms with van der Waals surface area (Å²) in [4.78, 5) is 4.09. The Hall–Kier alpha value is -1.82. The Balaban J connectivity index is 0.000000581. The number of terminal acetylenes is 1. The fraction of sp³-hybridized carbons (Fsp3) is 0.429. The first kappa shape index (κ1) is 15.2. The highest BCUT2D eigenvalue weighted by Crippen LogP contribution is 2.19. The van der Waals surface area contributed by atoms with E-state index in [2.05, 4.69) is 16.0 Å². The number of rotatable bonds is 0. The van der Waals surface area contributed by atoms with Crippen LogP contribution in [0.4, 0.5) is 0 Å². The number of hydrogen-bond acceptors (Lipinski definition) is 2. The van der Waals surface area contributed by atoms with Crippen LogP contribution >= 0.6 is 0 Å². The average Bonchev–Trinajstić information content (AvgIpc) is 2.73. The maximum atomic E-state index is 5.35. The van der Waals surface area contributed by atoms with E-state index in [1.165, 1.54) is 0 Å². The topological polar surface area (TPSA) is 30.7 Å². The molecule has 0 bridgehead atoms. The van der Waals surface area contributed by atoms with Crippen molar-refractivity contribution >= 4 is 10.9 Å². The Morgan fingerprint density at radius 1 is 1.18 bits per heavy atom. The molecule has 2 aromatic rings. The standard InChI is InChI=1S/C10H9N3.2C2H6/c1-4-8-10-7(2)5-11-6-9(10)13(3)12-8;2*1-2/h1,5-6H,2-3H3;2*1-2H3. The van der Waals surface area contributed by atoms with Crippen molar-refractivity contribution in [2.24, 2.45) is 7.05 Å². The van der Waals surface area contributed by atoms with E-state index < -0.39 is 0 Å². The first-order valence-corrected chi connectivity index (χ1v) is 5.98. The van der Waals surface area contributed by atoms with Crippen molar-refractivity contribution in [2.45, 2.75) is 34.6 Å². The van der Waals surface area contributed by atoms with Gasteiger partial charge in [0.2, 0.25) is 0 Å². The fourth-order valence-electron chi connectivity index (χ4n) is 1.46. The normalized spacial score (nSPS) is 8.53. The van der Waals surface area contributed by atoms with E-state index in [0.717, 1.165) is 16.5 Å². The van der Waals surface area contributed by atoms with Crippen LogP contribution < -0.4 is 0 Å². The van der Waals surface area contributed by atoms with Gasteiger partial charge in [0, 0.05) is 18.6 Å². The maximum Gasteiger partial charge on any atom is 0.143 e. The van der Waals surface area contributed by atoms with Gasteiger partial charge in [0.15, 0.2) is 0 Å². The molecule has 0 saturated heterocycles. The van der Waals surface area contributed by atoms with Crippen molar-refractivity contribution < 1.29 is 0 Å². The number of pyridine rings is 1. The minimum atomic E-state index is 0.692. The molecule has 0 unspecified atom stereocenters. The monoisotopic (exact) mass is 231 g/mol. The van der Waals surface area contributed by atoms with Crippen molar-refractivity contribution in [3.63, 3.8) is 0 Å². The summed E-state index contributed by atoms with van der Waals surface area (Å²) in [5.74, 6) is 2.57. The predicted molar refractivity (Wildman–Crippen MR) is 73.9 cm³/mol. The number of nitrogens with zero attached hydrogens (tertiary/aromatic N) is 3. The van der Waals surface area contributed by atoms with Crippen LogP contribution in [0.5, 0.6) is 0 Å². The summed E-state index contributed by atoms with van der Waals surface area (Å²) in [6.45, 7) is 9.98. The molecule has 0 aliphatic heterocycles. The van der Waals surface area contributed by atoms with Gasteiger partial charge in [-0.05, 0) is 18.4 Å². The van der Waals surface area contributed by atoms with E-state index in [9.17, 15) is 0 Å². The van der Waals surface area contributed by atoms with E-state index >= 15 is 0 Å². The molecule has 3 heteroatoms. The highest BCUT2D eigenvalue weighted by molar-refractivity contribution is 5.86. The van der Waals surface area contributed by atoms with Crippen molar-refractivity contribution in [3.05, 3.63) is 23.7 Å². The Morgan fingerprint density at radius 2 is 1.76 bits per heavy atom. The lowest BCUT2D eigenvalue weighted by molar-refractivity contribution is 0.791. The number of fused-ring (bicyclic) bond motifs is 1. The molecular weight excluding hydrogens is 210 g/mol. The molecule has 0 atom stereocenters. The highest BCUT2D eigenvalue weighted by atomic mass is 15.3. The minimum absolute atomic E-state index is 0.692. The van der Waals surface area contributed by atoms with E-state index in [0.29, 0.717) is 5.69 Å². The molecule has 2 aromatic heterocycles. The zero-order chi connectivity index (χ0) is 13.4. The highest BCUT2D eigenvalue weighted by Gasteiger charge is 2.08. The molecule has 0 amide bonds. The molecular formula is C14H21N3. The van der Waals surface area contributed by atoms with Gasteiger partial charge >= 0.3 is 0 Å². The van der Waals surface area contributed by atoms with Gasteiger partial charge in [-0.1, -0.05) is 27.7 Å². The maximum absolute atomic E-state index is 5.35. The molecule has 0 aliphatic rings. The predicted octanol–water partition coefficient (Wildman–Crippen LogP) is 3.31. The van der Waals surface area contributed by atoms with Gasteiger partial charge in [-0.2, -0.15) is 5.10 Å². The zero-order valence-corrected chi connectivity index (χ0v) is 11.6. The Morgan fingerprint density at radius 3 is 2.29 bits per heavy atom. The van der Waals surface area contributed by atoms with Gasteiger partial charge in [0.05, 0.1) is 11.7 Å². The fourth-order valence-corrected chi connectivity index (χ4v) is 1.46. The van der Waals surface area contributed by atoms with Crippen LogP contribution in [0.1, 0.15) is 39.0 Å². The minimum Gasteiger partial charge on any atom is -0.265 e. The molecule has 3 nitrogen and oxygen atoms in total. The van der Waals surface area contributed by atoms with Crippen LogP contribution in [-0.4, -0.2) is 14.8 Å².